The third kappa shape index (κ3) is 9.56. The van der Waals surface area contributed by atoms with E-state index in [-0.39, 0.29) is 12.3 Å². The van der Waals surface area contributed by atoms with Crippen LogP contribution in [-0.4, -0.2) is 56.3 Å². The van der Waals surface area contributed by atoms with E-state index in [9.17, 15) is 18.0 Å². The second-order valence-corrected chi connectivity index (χ2v) is 10.1. The van der Waals surface area contributed by atoms with Crippen LogP contribution in [0.15, 0.2) is 48.7 Å². The van der Waals surface area contributed by atoms with E-state index in [1.807, 2.05) is 32.2 Å². The lowest BCUT2D eigenvalue weighted by atomic mass is 10.0. The molecule has 0 amide bonds. The molecule has 0 fully saturated rings. The number of hydrogen-bond donors (Lipinski definition) is 2. The van der Waals surface area contributed by atoms with E-state index < -0.39 is 18.1 Å². The van der Waals surface area contributed by atoms with Crippen LogP contribution in [0, 0.1) is 12.8 Å². The molecule has 11 heteroatoms. The molecule has 0 radical (unpaired) electrons. The van der Waals surface area contributed by atoms with E-state index in [1.54, 1.807) is 0 Å². The van der Waals surface area contributed by atoms with Crippen molar-refractivity contribution in [3.8, 4) is 17.1 Å². The Balaban J connectivity index is 0.000000587. The normalized spacial score (nSPS) is 13.9. The summed E-state index contributed by atoms with van der Waals surface area (Å²) in [5.41, 5.74) is 6.74. The molecule has 4 rings (SSSR count). The van der Waals surface area contributed by atoms with Gasteiger partial charge in [0.1, 0.15) is 12.4 Å². The van der Waals surface area contributed by atoms with E-state index in [1.165, 1.54) is 5.56 Å². The van der Waals surface area contributed by atoms with Gasteiger partial charge in [0.25, 0.3) is 0 Å². The fourth-order valence-corrected chi connectivity index (χ4v) is 4.46. The van der Waals surface area contributed by atoms with Gasteiger partial charge < -0.3 is 14.9 Å². The number of nitrogens with zero attached hydrogens (tertiary/aromatic N) is 3. The van der Waals surface area contributed by atoms with Crippen LogP contribution in [-0.2, 0) is 35.6 Å². The highest BCUT2D eigenvalue weighted by atomic mass is 19.4. The van der Waals surface area contributed by atoms with Gasteiger partial charge in [0, 0.05) is 49.8 Å². The summed E-state index contributed by atoms with van der Waals surface area (Å²) in [7, 11) is 0. The van der Waals surface area contributed by atoms with Crippen LogP contribution < -0.4 is 4.74 Å². The molecule has 3 aromatic rings. The first kappa shape index (κ1) is 31.5. The molecule has 0 aliphatic carbocycles. The molecule has 1 atom stereocenters. The predicted octanol–water partition coefficient (Wildman–Crippen LogP) is 5.70. The van der Waals surface area contributed by atoms with Crippen LogP contribution in [0.3, 0.4) is 0 Å². The Labute approximate surface area is 236 Å². The van der Waals surface area contributed by atoms with Crippen molar-refractivity contribution in [1.29, 1.82) is 0 Å². The summed E-state index contributed by atoms with van der Waals surface area (Å²) in [6.07, 6.45) is -1.08. The van der Waals surface area contributed by atoms with E-state index in [0.29, 0.717) is 6.61 Å². The van der Waals surface area contributed by atoms with Crippen LogP contribution in [0.2, 0.25) is 0 Å². The van der Waals surface area contributed by atoms with Crippen molar-refractivity contribution < 1.29 is 37.7 Å². The Bertz CT molecular complexity index is 1350. The SMILES string of the molecule is CCc1ccc(COc2ccc(-c3ncc4c(n3)CCN(CC(C)CC(=O)O)C4)cc2C)cc1.O=C(O)C(F)(F)F. The number of benzene rings is 2. The van der Waals surface area contributed by atoms with Gasteiger partial charge >= 0.3 is 18.1 Å². The number of hydrogen-bond acceptors (Lipinski definition) is 6. The first-order chi connectivity index (χ1) is 19.3. The van der Waals surface area contributed by atoms with Crippen molar-refractivity contribution in [3.63, 3.8) is 0 Å². The molecule has 41 heavy (non-hydrogen) atoms. The van der Waals surface area contributed by atoms with Crippen LogP contribution in [0.4, 0.5) is 13.2 Å². The van der Waals surface area contributed by atoms with Gasteiger partial charge in [0.15, 0.2) is 5.82 Å². The lowest BCUT2D eigenvalue weighted by Crippen LogP contribution is -2.35. The quantitative estimate of drug-likeness (QED) is 0.336. The first-order valence-electron chi connectivity index (χ1n) is 13.3. The Morgan fingerprint density at radius 2 is 1.76 bits per heavy atom. The molecule has 2 heterocycles. The Morgan fingerprint density at radius 3 is 2.34 bits per heavy atom. The van der Waals surface area contributed by atoms with Crippen molar-refractivity contribution in [1.82, 2.24) is 14.9 Å². The molecule has 1 aliphatic rings. The van der Waals surface area contributed by atoms with Gasteiger partial charge in [-0.3, -0.25) is 9.69 Å². The highest BCUT2D eigenvalue weighted by Crippen LogP contribution is 2.27. The van der Waals surface area contributed by atoms with Crippen LogP contribution >= 0.6 is 0 Å². The van der Waals surface area contributed by atoms with Crippen LogP contribution in [0.5, 0.6) is 5.75 Å². The number of aliphatic carboxylic acids is 2. The van der Waals surface area contributed by atoms with Crippen molar-refractivity contribution in [3.05, 3.63) is 76.6 Å². The zero-order chi connectivity index (χ0) is 30.2. The molecule has 0 saturated carbocycles. The van der Waals surface area contributed by atoms with E-state index >= 15 is 0 Å². The Kier molecular flexibility index (Phi) is 10.8. The van der Waals surface area contributed by atoms with Gasteiger partial charge in [-0.15, -0.1) is 0 Å². The van der Waals surface area contributed by atoms with Gasteiger partial charge in [0.05, 0.1) is 5.69 Å². The molecular formula is C30H34F3N3O5. The molecule has 1 aromatic heterocycles. The molecule has 0 spiro atoms. The maximum absolute atomic E-state index is 10.9. The summed E-state index contributed by atoms with van der Waals surface area (Å²) < 4.78 is 37.8. The maximum Gasteiger partial charge on any atom is 0.490 e. The van der Waals surface area contributed by atoms with Gasteiger partial charge in [0.2, 0.25) is 0 Å². The van der Waals surface area contributed by atoms with Gasteiger partial charge in [-0.05, 0) is 54.2 Å². The van der Waals surface area contributed by atoms with E-state index in [0.717, 1.165) is 72.0 Å². The second-order valence-electron chi connectivity index (χ2n) is 10.1. The molecule has 1 unspecified atom stereocenters. The number of carboxylic acid groups (broad SMARTS) is 2. The third-order valence-corrected chi connectivity index (χ3v) is 6.61. The number of aryl methyl sites for hydroxylation is 2. The Hall–Kier alpha value is -3.99. The van der Waals surface area contributed by atoms with E-state index in [4.69, 9.17) is 24.7 Å². The molecular weight excluding hydrogens is 539 g/mol. The third-order valence-electron chi connectivity index (χ3n) is 6.61. The van der Waals surface area contributed by atoms with Crippen molar-refractivity contribution >= 4 is 11.9 Å². The highest BCUT2D eigenvalue weighted by molar-refractivity contribution is 5.73. The number of aromatic nitrogens is 2. The fraction of sp³-hybridized carbons (Fsp3) is 0.400. The number of alkyl halides is 3. The lowest BCUT2D eigenvalue weighted by Gasteiger charge is -2.29. The summed E-state index contributed by atoms with van der Waals surface area (Å²) in [5.74, 6) is -1.77. The molecule has 0 saturated heterocycles. The average molecular weight is 574 g/mol. The first-order valence-corrected chi connectivity index (χ1v) is 13.3. The van der Waals surface area contributed by atoms with E-state index in [2.05, 4.69) is 47.1 Å². The van der Waals surface area contributed by atoms with Crippen molar-refractivity contribution in [2.24, 2.45) is 5.92 Å². The van der Waals surface area contributed by atoms with Crippen molar-refractivity contribution in [2.45, 2.75) is 59.4 Å². The summed E-state index contributed by atoms with van der Waals surface area (Å²) in [5, 5.41) is 16.1. The summed E-state index contributed by atoms with van der Waals surface area (Å²) in [4.78, 5) is 31.6. The Morgan fingerprint density at radius 1 is 1.10 bits per heavy atom. The van der Waals surface area contributed by atoms with Crippen LogP contribution in [0.25, 0.3) is 11.4 Å². The average Bonchev–Trinajstić information content (AvgIpc) is 2.91. The lowest BCUT2D eigenvalue weighted by molar-refractivity contribution is -0.192. The summed E-state index contributed by atoms with van der Waals surface area (Å²) in [6.45, 7) is 9.17. The smallest absolute Gasteiger partial charge is 0.489 e. The van der Waals surface area contributed by atoms with Crippen LogP contribution in [0.1, 0.15) is 48.2 Å². The zero-order valence-corrected chi connectivity index (χ0v) is 23.2. The minimum Gasteiger partial charge on any atom is -0.489 e. The second kappa shape index (κ2) is 14.1. The monoisotopic (exact) mass is 573 g/mol. The largest absolute Gasteiger partial charge is 0.490 e. The van der Waals surface area contributed by atoms with Crippen molar-refractivity contribution in [2.75, 3.05) is 13.1 Å². The minimum absolute atomic E-state index is 0.124. The van der Waals surface area contributed by atoms with Gasteiger partial charge in [-0.2, -0.15) is 13.2 Å². The molecule has 220 valence electrons. The molecule has 8 nitrogen and oxygen atoms in total. The zero-order valence-electron chi connectivity index (χ0n) is 23.2. The standard InChI is InChI=1S/C28H33N3O3.C2HF3O2/c1-4-21-5-7-22(8-6-21)18-34-26-10-9-23(14-20(26)3)28-29-15-24-17-31(12-11-25(24)30-28)16-19(2)13-27(32)33;3-2(4,5)1(6)7/h5-10,14-15,19H,4,11-13,16-18H2,1-3H3,(H,32,33);(H,6,7). The number of fused-ring (bicyclic) bond motifs is 1. The fourth-order valence-electron chi connectivity index (χ4n) is 4.46. The van der Waals surface area contributed by atoms with Gasteiger partial charge in [-0.25, -0.2) is 14.8 Å². The minimum atomic E-state index is -5.08. The molecule has 1 aliphatic heterocycles. The number of ether oxygens (including phenoxy) is 1. The predicted molar refractivity (Wildman–Crippen MR) is 146 cm³/mol. The topological polar surface area (TPSA) is 113 Å². The molecule has 0 bridgehead atoms. The molecule has 2 N–H and O–H groups in total. The van der Waals surface area contributed by atoms with Gasteiger partial charge in [-0.1, -0.05) is 38.1 Å². The number of halogens is 3. The number of carboxylic acids is 2. The number of rotatable bonds is 9. The highest BCUT2D eigenvalue weighted by Gasteiger charge is 2.38. The number of carbonyl (C=O) groups is 2. The molecule has 2 aromatic carbocycles. The summed E-state index contributed by atoms with van der Waals surface area (Å²) in [6, 6.07) is 14.6. The summed E-state index contributed by atoms with van der Waals surface area (Å²) >= 11 is 0. The maximum atomic E-state index is 10.9.